The van der Waals surface area contributed by atoms with Crippen LogP contribution in [0.2, 0.25) is 0 Å². The average Bonchev–Trinajstić information content (AvgIpc) is 2.97. The second-order valence-corrected chi connectivity index (χ2v) is 3.50. The SMILES string of the molecule is COC(=O)C1CCN(C(=O)c2nn[nH]n2)C1. The average molecular weight is 225 g/mol. The van der Waals surface area contributed by atoms with Crippen molar-refractivity contribution in [2.75, 3.05) is 20.2 Å². The minimum atomic E-state index is -0.319. The van der Waals surface area contributed by atoms with Crippen LogP contribution in [0.3, 0.4) is 0 Å². The van der Waals surface area contributed by atoms with Crippen molar-refractivity contribution in [2.45, 2.75) is 6.42 Å². The van der Waals surface area contributed by atoms with Crippen LogP contribution >= 0.6 is 0 Å². The fraction of sp³-hybridized carbons (Fsp3) is 0.625. The molecular formula is C8H11N5O3. The molecule has 0 aromatic carbocycles. The molecule has 1 aliphatic heterocycles. The number of methoxy groups -OCH3 is 1. The first kappa shape index (κ1) is 10.5. The van der Waals surface area contributed by atoms with Crippen LogP contribution in [0.1, 0.15) is 17.0 Å². The molecule has 0 saturated carbocycles. The molecule has 1 atom stereocenters. The molecule has 86 valence electrons. The van der Waals surface area contributed by atoms with Crippen LogP contribution in [0.5, 0.6) is 0 Å². The third-order valence-electron chi connectivity index (χ3n) is 2.55. The number of aromatic nitrogens is 4. The number of hydrogen-bond acceptors (Lipinski definition) is 6. The van der Waals surface area contributed by atoms with Gasteiger partial charge in [0, 0.05) is 13.1 Å². The van der Waals surface area contributed by atoms with Gasteiger partial charge in [-0.05, 0) is 11.6 Å². The van der Waals surface area contributed by atoms with Crippen molar-refractivity contribution < 1.29 is 14.3 Å². The Bertz CT molecular complexity index is 390. The van der Waals surface area contributed by atoms with Gasteiger partial charge in [0.25, 0.3) is 11.7 Å². The van der Waals surface area contributed by atoms with Crippen molar-refractivity contribution in [1.82, 2.24) is 25.5 Å². The van der Waals surface area contributed by atoms with Gasteiger partial charge in [-0.25, -0.2) is 0 Å². The number of aromatic amines is 1. The molecule has 1 aromatic heterocycles. The Balaban J connectivity index is 1.99. The summed E-state index contributed by atoms with van der Waals surface area (Å²) in [7, 11) is 1.34. The molecule has 1 aromatic rings. The maximum atomic E-state index is 11.8. The molecule has 1 amide bonds. The molecule has 8 nitrogen and oxygen atoms in total. The van der Waals surface area contributed by atoms with Crippen LogP contribution in [0, 0.1) is 5.92 Å². The summed E-state index contributed by atoms with van der Waals surface area (Å²) in [5, 5.41) is 12.7. The van der Waals surface area contributed by atoms with Crippen LogP contribution in [0.15, 0.2) is 0 Å². The lowest BCUT2D eigenvalue weighted by Gasteiger charge is -2.13. The smallest absolute Gasteiger partial charge is 0.310 e. The van der Waals surface area contributed by atoms with Gasteiger partial charge in [0.1, 0.15) is 0 Å². The number of amides is 1. The molecule has 2 rings (SSSR count). The van der Waals surface area contributed by atoms with E-state index in [1.54, 1.807) is 0 Å². The van der Waals surface area contributed by atoms with E-state index < -0.39 is 0 Å². The van der Waals surface area contributed by atoms with Gasteiger partial charge in [0.05, 0.1) is 13.0 Å². The van der Waals surface area contributed by atoms with E-state index in [2.05, 4.69) is 25.4 Å². The first-order valence-electron chi connectivity index (χ1n) is 4.83. The van der Waals surface area contributed by atoms with Gasteiger partial charge >= 0.3 is 5.97 Å². The van der Waals surface area contributed by atoms with Crippen LogP contribution in [-0.2, 0) is 9.53 Å². The Morgan fingerprint density at radius 1 is 1.56 bits per heavy atom. The van der Waals surface area contributed by atoms with E-state index in [0.29, 0.717) is 19.5 Å². The maximum absolute atomic E-state index is 11.8. The number of rotatable bonds is 2. The number of esters is 1. The topological polar surface area (TPSA) is 101 Å². The van der Waals surface area contributed by atoms with Crippen molar-refractivity contribution in [1.29, 1.82) is 0 Å². The maximum Gasteiger partial charge on any atom is 0.310 e. The molecule has 1 aliphatic rings. The summed E-state index contributed by atoms with van der Waals surface area (Å²) < 4.78 is 4.63. The van der Waals surface area contributed by atoms with Crippen molar-refractivity contribution in [2.24, 2.45) is 5.92 Å². The molecule has 1 fully saturated rings. The van der Waals surface area contributed by atoms with E-state index in [-0.39, 0.29) is 23.6 Å². The molecule has 0 bridgehead atoms. The van der Waals surface area contributed by atoms with Crippen molar-refractivity contribution in [3.8, 4) is 0 Å². The van der Waals surface area contributed by atoms with E-state index in [1.807, 2.05) is 0 Å². The fourth-order valence-electron chi connectivity index (χ4n) is 1.70. The van der Waals surface area contributed by atoms with Crippen LogP contribution in [-0.4, -0.2) is 57.6 Å². The Morgan fingerprint density at radius 3 is 3.00 bits per heavy atom. The largest absolute Gasteiger partial charge is 0.469 e. The highest BCUT2D eigenvalue weighted by Crippen LogP contribution is 2.18. The Hall–Kier alpha value is -1.99. The zero-order chi connectivity index (χ0) is 11.5. The number of hydrogen-bond donors (Lipinski definition) is 1. The summed E-state index contributed by atoms with van der Waals surface area (Å²) in [6, 6.07) is 0. The van der Waals surface area contributed by atoms with Gasteiger partial charge < -0.3 is 9.64 Å². The summed E-state index contributed by atoms with van der Waals surface area (Å²) in [4.78, 5) is 24.5. The summed E-state index contributed by atoms with van der Waals surface area (Å²) >= 11 is 0. The normalized spacial score (nSPS) is 19.8. The fourth-order valence-corrected chi connectivity index (χ4v) is 1.70. The highest BCUT2D eigenvalue weighted by atomic mass is 16.5. The minimum Gasteiger partial charge on any atom is -0.469 e. The van der Waals surface area contributed by atoms with Gasteiger partial charge in [-0.3, -0.25) is 9.59 Å². The Labute approximate surface area is 91.0 Å². The van der Waals surface area contributed by atoms with Crippen LogP contribution in [0.4, 0.5) is 0 Å². The number of likely N-dealkylation sites (tertiary alicyclic amines) is 1. The van der Waals surface area contributed by atoms with E-state index in [1.165, 1.54) is 12.0 Å². The number of carbonyl (C=O) groups is 2. The molecule has 0 radical (unpaired) electrons. The molecule has 1 unspecified atom stereocenters. The van der Waals surface area contributed by atoms with Crippen molar-refractivity contribution in [3.63, 3.8) is 0 Å². The molecule has 2 heterocycles. The quantitative estimate of drug-likeness (QED) is 0.637. The Morgan fingerprint density at radius 2 is 2.38 bits per heavy atom. The minimum absolute atomic E-state index is 0.0190. The van der Waals surface area contributed by atoms with Crippen LogP contribution < -0.4 is 0 Å². The summed E-state index contributed by atoms with van der Waals surface area (Å²) in [6.07, 6.45) is 0.607. The summed E-state index contributed by atoms with van der Waals surface area (Å²) in [5.41, 5.74) is 0. The highest BCUT2D eigenvalue weighted by Gasteiger charge is 2.33. The molecular weight excluding hydrogens is 214 g/mol. The molecule has 8 heteroatoms. The molecule has 0 aliphatic carbocycles. The van der Waals surface area contributed by atoms with E-state index in [4.69, 9.17) is 0 Å². The molecule has 1 N–H and O–H groups in total. The first-order valence-corrected chi connectivity index (χ1v) is 4.83. The Kier molecular flexibility index (Phi) is 2.80. The third-order valence-corrected chi connectivity index (χ3v) is 2.55. The second-order valence-electron chi connectivity index (χ2n) is 3.50. The van der Waals surface area contributed by atoms with Crippen molar-refractivity contribution in [3.05, 3.63) is 5.82 Å². The van der Waals surface area contributed by atoms with Crippen molar-refractivity contribution >= 4 is 11.9 Å². The number of carbonyl (C=O) groups excluding carboxylic acids is 2. The number of nitrogens with zero attached hydrogens (tertiary/aromatic N) is 4. The zero-order valence-corrected chi connectivity index (χ0v) is 8.71. The van der Waals surface area contributed by atoms with E-state index in [0.717, 1.165) is 0 Å². The highest BCUT2D eigenvalue weighted by molar-refractivity contribution is 5.91. The standard InChI is InChI=1S/C8H11N5O3/c1-16-8(15)5-2-3-13(4-5)7(14)6-9-11-12-10-6/h5H,2-4H2,1H3,(H,9,10,11,12). The van der Waals surface area contributed by atoms with Gasteiger partial charge in [-0.2, -0.15) is 5.21 Å². The molecule has 1 saturated heterocycles. The second kappa shape index (κ2) is 4.25. The molecule has 0 spiro atoms. The van der Waals surface area contributed by atoms with Gasteiger partial charge in [-0.15, -0.1) is 10.2 Å². The van der Waals surface area contributed by atoms with Gasteiger partial charge in [0.15, 0.2) is 0 Å². The van der Waals surface area contributed by atoms with Gasteiger partial charge in [-0.1, -0.05) is 0 Å². The number of H-pyrrole nitrogens is 1. The monoisotopic (exact) mass is 225 g/mol. The van der Waals surface area contributed by atoms with Gasteiger partial charge in [0.2, 0.25) is 0 Å². The lowest BCUT2D eigenvalue weighted by Crippen LogP contribution is -2.31. The number of tetrazole rings is 1. The summed E-state index contributed by atoms with van der Waals surface area (Å²) in [6.45, 7) is 0.854. The molecule has 16 heavy (non-hydrogen) atoms. The lowest BCUT2D eigenvalue weighted by atomic mass is 10.1. The number of nitrogens with one attached hydrogen (secondary N) is 1. The summed E-state index contributed by atoms with van der Waals surface area (Å²) in [5.74, 6) is -0.838. The zero-order valence-electron chi connectivity index (χ0n) is 8.71. The van der Waals surface area contributed by atoms with E-state index >= 15 is 0 Å². The predicted octanol–water partition coefficient (Wildman–Crippen LogP) is -1.17. The first-order chi connectivity index (χ1) is 7.72. The predicted molar refractivity (Wildman–Crippen MR) is 50.2 cm³/mol. The number of ether oxygens (including phenoxy) is 1. The van der Waals surface area contributed by atoms with Crippen LogP contribution in [0.25, 0.3) is 0 Å². The van der Waals surface area contributed by atoms with E-state index in [9.17, 15) is 9.59 Å². The lowest BCUT2D eigenvalue weighted by molar-refractivity contribution is -0.144. The third kappa shape index (κ3) is 1.86.